The van der Waals surface area contributed by atoms with Crippen LogP contribution in [0.3, 0.4) is 0 Å². The molecule has 10 nitrogen and oxygen atoms in total. The van der Waals surface area contributed by atoms with Crippen molar-refractivity contribution in [2.24, 2.45) is 0 Å². The van der Waals surface area contributed by atoms with Crippen LogP contribution in [0.4, 0.5) is 0 Å². The van der Waals surface area contributed by atoms with E-state index in [1.807, 2.05) is 30.3 Å². The molecule has 1 aliphatic heterocycles. The van der Waals surface area contributed by atoms with Crippen LogP contribution in [-0.4, -0.2) is 44.5 Å². The Kier molecular flexibility index (Phi) is 6.61. The van der Waals surface area contributed by atoms with Crippen LogP contribution in [0.1, 0.15) is 37.5 Å². The topological polar surface area (TPSA) is 126 Å². The van der Waals surface area contributed by atoms with E-state index in [2.05, 4.69) is 4.98 Å². The van der Waals surface area contributed by atoms with Crippen molar-refractivity contribution >= 4 is 27.5 Å². The van der Waals surface area contributed by atoms with Gasteiger partial charge in [-0.25, -0.2) is 19.1 Å². The van der Waals surface area contributed by atoms with Gasteiger partial charge in [0.05, 0.1) is 35.7 Å². The molecule has 0 aliphatic carbocycles. The number of nitrogens with zero attached hydrogens (tertiary/aromatic N) is 3. The van der Waals surface area contributed by atoms with Crippen LogP contribution in [-0.2, 0) is 26.4 Å². The summed E-state index contributed by atoms with van der Waals surface area (Å²) in [5.74, 6) is -0.975. The average Bonchev–Trinajstić information content (AvgIpc) is 3.63. The van der Waals surface area contributed by atoms with E-state index >= 15 is 0 Å². The Hall–Kier alpha value is -3.54. The molecule has 194 valence electrons. The highest BCUT2D eigenvalue weighted by molar-refractivity contribution is 7.22. The standard InChI is InChI=1S/C26H27N3O7S/c1-15-19-22(30)29(26(2,3)24(31)32)25(33)28(23(19)37-20(15)21-27-10-12-35-21)13-18(16-7-5-4-6-8-16)36-17-9-11-34-14-17/h4-8,10,12,17-18H,9,11,13-14H2,1-3H3,(H,31,32)/t17-,18+/m1/s1. The molecule has 3 aromatic heterocycles. The highest BCUT2D eigenvalue weighted by Gasteiger charge is 2.36. The Balaban J connectivity index is 1.75. The van der Waals surface area contributed by atoms with Gasteiger partial charge >= 0.3 is 11.7 Å². The highest BCUT2D eigenvalue weighted by atomic mass is 32.1. The molecule has 0 bridgehead atoms. The molecule has 37 heavy (non-hydrogen) atoms. The van der Waals surface area contributed by atoms with Gasteiger partial charge in [-0.15, -0.1) is 11.3 Å². The minimum atomic E-state index is -1.79. The molecule has 1 N–H and O–H groups in total. The van der Waals surface area contributed by atoms with Crippen LogP contribution in [0.2, 0.25) is 0 Å². The predicted molar refractivity (Wildman–Crippen MR) is 137 cm³/mol. The van der Waals surface area contributed by atoms with Crippen LogP contribution in [0.25, 0.3) is 21.0 Å². The molecule has 1 saturated heterocycles. The van der Waals surface area contributed by atoms with Crippen molar-refractivity contribution in [3.8, 4) is 10.8 Å². The van der Waals surface area contributed by atoms with E-state index in [-0.39, 0.29) is 18.0 Å². The number of thiophene rings is 1. The normalized spacial score (nSPS) is 16.9. The lowest BCUT2D eigenvalue weighted by Gasteiger charge is -2.26. The second kappa shape index (κ2) is 9.73. The Morgan fingerprint density at radius 3 is 2.68 bits per heavy atom. The van der Waals surface area contributed by atoms with E-state index < -0.39 is 28.9 Å². The van der Waals surface area contributed by atoms with E-state index in [9.17, 15) is 19.5 Å². The zero-order valence-corrected chi connectivity index (χ0v) is 21.5. The van der Waals surface area contributed by atoms with Gasteiger partial charge in [0.1, 0.15) is 22.7 Å². The molecule has 4 heterocycles. The monoisotopic (exact) mass is 525 g/mol. The van der Waals surface area contributed by atoms with Crippen LogP contribution in [0.5, 0.6) is 0 Å². The zero-order chi connectivity index (χ0) is 26.3. The molecule has 0 unspecified atom stereocenters. The number of fused-ring (bicyclic) bond motifs is 1. The maximum absolute atomic E-state index is 13.9. The molecule has 0 saturated carbocycles. The fourth-order valence-electron chi connectivity index (χ4n) is 4.55. The zero-order valence-electron chi connectivity index (χ0n) is 20.7. The quantitative estimate of drug-likeness (QED) is 0.370. The summed E-state index contributed by atoms with van der Waals surface area (Å²) in [6.45, 7) is 5.53. The van der Waals surface area contributed by atoms with E-state index in [1.165, 1.54) is 42.2 Å². The summed E-state index contributed by atoms with van der Waals surface area (Å²) < 4.78 is 19.6. The van der Waals surface area contributed by atoms with Gasteiger partial charge in [0, 0.05) is 6.61 Å². The summed E-state index contributed by atoms with van der Waals surface area (Å²) >= 11 is 1.21. The van der Waals surface area contributed by atoms with Gasteiger partial charge in [0.2, 0.25) is 5.89 Å². The molecule has 1 aromatic carbocycles. The molecule has 11 heteroatoms. The fraction of sp³-hybridized carbons (Fsp3) is 0.385. The molecule has 0 spiro atoms. The first-order valence-corrected chi connectivity index (χ1v) is 12.7. The van der Waals surface area contributed by atoms with E-state index in [1.54, 1.807) is 6.92 Å². The molecule has 0 amide bonds. The fourth-order valence-corrected chi connectivity index (χ4v) is 5.79. The third-order valence-corrected chi connectivity index (χ3v) is 7.99. The number of oxazole rings is 1. The van der Waals surface area contributed by atoms with Crippen molar-refractivity contribution in [1.82, 2.24) is 14.1 Å². The molecule has 1 fully saturated rings. The number of hydrogen-bond donors (Lipinski definition) is 1. The van der Waals surface area contributed by atoms with Crippen molar-refractivity contribution < 1.29 is 23.8 Å². The first-order chi connectivity index (χ1) is 17.7. The number of aliphatic carboxylic acids is 1. The smallest absolute Gasteiger partial charge is 0.333 e. The van der Waals surface area contributed by atoms with Gasteiger partial charge in [-0.3, -0.25) is 9.36 Å². The summed E-state index contributed by atoms with van der Waals surface area (Å²) in [5, 5.41) is 10.2. The number of carboxylic acids is 1. The van der Waals surface area contributed by atoms with Crippen molar-refractivity contribution in [2.45, 2.75) is 51.5 Å². The highest BCUT2D eigenvalue weighted by Crippen LogP contribution is 2.36. The maximum atomic E-state index is 13.9. The molecule has 2 atom stereocenters. The second-order valence-corrected chi connectivity index (χ2v) is 10.5. The molecular formula is C26H27N3O7S. The van der Waals surface area contributed by atoms with Crippen molar-refractivity contribution in [2.75, 3.05) is 13.2 Å². The average molecular weight is 526 g/mol. The summed E-state index contributed by atoms with van der Waals surface area (Å²) in [6.07, 6.45) is 2.97. The molecule has 0 radical (unpaired) electrons. The number of benzene rings is 1. The second-order valence-electron chi connectivity index (χ2n) is 9.49. The third kappa shape index (κ3) is 4.43. The number of aryl methyl sites for hydroxylation is 1. The largest absolute Gasteiger partial charge is 0.480 e. The van der Waals surface area contributed by atoms with Gasteiger partial charge in [0.15, 0.2) is 0 Å². The van der Waals surface area contributed by atoms with Crippen molar-refractivity contribution in [3.63, 3.8) is 0 Å². The summed E-state index contributed by atoms with van der Waals surface area (Å²) in [4.78, 5) is 45.0. The van der Waals surface area contributed by atoms with Crippen LogP contribution < -0.4 is 11.2 Å². The van der Waals surface area contributed by atoms with Gasteiger partial charge in [-0.2, -0.15) is 0 Å². The first-order valence-electron chi connectivity index (χ1n) is 11.9. The maximum Gasteiger partial charge on any atom is 0.333 e. The lowest BCUT2D eigenvalue weighted by molar-refractivity contribution is -0.146. The van der Waals surface area contributed by atoms with E-state index in [4.69, 9.17) is 13.9 Å². The Morgan fingerprint density at radius 2 is 2.05 bits per heavy atom. The van der Waals surface area contributed by atoms with Crippen molar-refractivity contribution in [3.05, 3.63) is 74.8 Å². The van der Waals surface area contributed by atoms with Crippen LogP contribution >= 0.6 is 11.3 Å². The van der Waals surface area contributed by atoms with Gasteiger partial charge in [-0.05, 0) is 38.3 Å². The Bertz CT molecular complexity index is 1550. The van der Waals surface area contributed by atoms with Gasteiger partial charge in [0.25, 0.3) is 5.56 Å². The van der Waals surface area contributed by atoms with E-state index in [0.717, 1.165) is 16.6 Å². The summed E-state index contributed by atoms with van der Waals surface area (Å²) in [7, 11) is 0. The summed E-state index contributed by atoms with van der Waals surface area (Å²) in [6, 6.07) is 9.50. The van der Waals surface area contributed by atoms with Crippen LogP contribution in [0, 0.1) is 6.92 Å². The lowest BCUT2D eigenvalue weighted by atomic mass is 10.1. The third-order valence-electron chi connectivity index (χ3n) is 6.69. The number of carbonyl (C=O) groups is 1. The Labute approximate surface area is 215 Å². The molecule has 5 rings (SSSR count). The number of carboxylic acid groups (broad SMARTS) is 1. The van der Waals surface area contributed by atoms with Crippen molar-refractivity contribution in [1.29, 1.82) is 0 Å². The van der Waals surface area contributed by atoms with E-state index in [0.29, 0.717) is 34.4 Å². The number of rotatable bonds is 8. The Morgan fingerprint density at radius 1 is 1.30 bits per heavy atom. The minimum Gasteiger partial charge on any atom is -0.480 e. The number of hydrogen-bond acceptors (Lipinski definition) is 8. The lowest BCUT2D eigenvalue weighted by Crippen LogP contribution is -2.52. The molecule has 1 aliphatic rings. The molecule has 4 aromatic rings. The van der Waals surface area contributed by atoms with Crippen LogP contribution in [0.15, 0.2) is 56.8 Å². The number of aromatic nitrogens is 3. The van der Waals surface area contributed by atoms with Gasteiger partial charge in [-0.1, -0.05) is 30.3 Å². The molecular weight excluding hydrogens is 498 g/mol. The number of ether oxygens (including phenoxy) is 2. The minimum absolute atomic E-state index is 0.0663. The summed E-state index contributed by atoms with van der Waals surface area (Å²) in [5.41, 5.74) is -1.76. The first kappa shape index (κ1) is 25.1. The SMILES string of the molecule is Cc1c(-c2ncco2)sc2c1c(=O)n(C(C)(C)C(=O)O)c(=O)n2C[C@H](O[C@@H]1CCOC1)c1ccccc1. The predicted octanol–water partition coefficient (Wildman–Crippen LogP) is 3.55. The van der Waals surface area contributed by atoms with Gasteiger partial charge < -0.3 is 19.0 Å².